The molecule has 6 nitrogen and oxygen atoms in total. The number of amides is 1. The number of carbonyl (C=O) groups is 1. The van der Waals surface area contributed by atoms with Gasteiger partial charge < -0.3 is 10.2 Å². The summed E-state index contributed by atoms with van der Waals surface area (Å²) >= 11 is 0. The summed E-state index contributed by atoms with van der Waals surface area (Å²) in [5.74, 6) is -0.0648. The number of hydrogen-bond acceptors (Lipinski definition) is 4. The van der Waals surface area contributed by atoms with Crippen molar-refractivity contribution < 1.29 is 9.72 Å². The lowest BCUT2D eigenvalue weighted by Gasteiger charge is -2.38. The van der Waals surface area contributed by atoms with E-state index in [1.54, 1.807) is 29.2 Å². The number of hydrogen-bond donors (Lipinski definition) is 1. The first kappa shape index (κ1) is 13.8. The van der Waals surface area contributed by atoms with Crippen LogP contribution in [0.2, 0.25) is 0 Å². The summed E-state index contributed by atoms with van der Waals surface area (Å²) in [6.45, 7) is 0. The van der Waals surface area contributed by atoms with Crippen LogP contribution in [-0.2, 0) is 0 Å². The number of rotatable bonds is 3. The van der Waals surface area contributed by atoms with Crippen molar-refractivity contribution in [3.63, 3.8) is 0 Å². The third kappa shape index (κ3) is 2.23. The molecule has 4 rings (SSSR count). The smallest absolute Gasteiger partial charge is 0.276 e. The zero-order chi connectivity index (χ0) is 16.0. The zero-order valence-electron chi connectivity index (χ0n) is 12.3. The molecule has 2 aromatic carbocycles. The molecule has 1 heterocycles. The molecule has 1 aliphatic carbocycles. The lowest BCUT2D eigenvalue weighted by Crippen LogP contribution is -2.44. The number of nitrogens with zero attached hydrogens (tertiary/aromatic N) is 2. The van der Waals surface area contributed by atoms with Crippen LogP contribution in [0.25, 0.3) is 0 Å². The Labute approximate surface area is 132 Å². The maximum absolute atomic E-state index is 12.9. The van der Waals surface area contributed by atoms with Crippen molar-refractivity contribution in [1.82, 2.24) is 4.90 Å². The number of nitro benzene ring substituents is 1. The van der Waals surface area contributed by atoms with Crippen molar-refractivity contribution in [2.24, 2.45) is 0 Å². The number of para-hydroxylation sites is 2. The molecule has 0 unspecified atom stereocenters. The Kier molecular flexibility index (Phi) is 3.04. The first-order valence-corrected chi connectivity index (χ1v) is 7.58. The van der Waals surface area contributed by atoms with Gasteiger partial charge in [-0.25, -0.2) is 0 Å². The molecule has 2 aliphatic rings. The topological polar surface area (TPSA) is 75.5 Å². The van der Waals surface area contributed by atoms with E-state index in [9.17, 15) is 14.9 Å². The van der Waals surface area contributed by atoms with Crippen LogP contribution in [-0.4, -0.2) is 21.8 Å². The Hall–Kier alpha value is -2.89. The fraction of sp³-hybridized carbons (Fsp3) is 0.235. The van der Waals surface area contributed by atoms with E-state index >= 15 is 0 Å². The first-order chi connectivity index (χ1) is 11.2. The molecule has 1 amide bonds. The van der Waals surface area contributed by atoms with Gasteiger partial charge in [0.2, 0.25) is 0 Å². The molecule has 0 bridgehead atoms. The molecule has 0 radical (unpaired) electrons. The van der Waals surface area contributed by atoms with Crippen LogP contribution in [0, 0.1) is 10.1 Å². The number of nitro groups is 1. The van der Waals surface area contributed by atoms with Crippen molar-refractivity contribution in [3.05, 3.63) is 69.8 Å². The van der Waals surface area contributed by atoms with E-state index in [0.717, 1.165) is 18.5 Å². The van der Waals surface area contributed by atoms with E-state index < -0.39 is 11.1 Å². The van der Waals surface area contributed by atoms with Gasteiger partial charge in [-0.1, -0.05) is 24.3 Å². The number of nitrogens with one attached hydrogen (secondary N) is 1. The van der Waals surface area contributed by atoms with Crippen LogP contribution in [0.5, 0.6) is 0 Å². The van der Waals surface area contributed by atoms with E-state index in [2.05, 4.69) is 5.32 Å². The quantitative estimate of drug-likeness (QED) is 0.697. The third-order valence-corrected chi connectivity index (χ3v) is 4.33. The Morgan fingerprint density at radius 2 is 1.78 bits per heavy atom. The minimum atomic E-state index is -0.508. The molecule has 0 spiro atoms. The van der Waals surface area contributed by atoms with Crippen molar-refractivity contribution in [3.8, 4) is 0 Å². The Morgan fingerprint density at radius 1 is 1.09 bits per heavy atom. The second-order valence-electron chi connectivity index (χ2n) is 5.85. The largest absolute Gasteiger partial charge is 0.361 e. The lowest BCUT2D eigenvalue weighted by molar-refractivity contribution is -0.385. The summed E-state index contributed by atoms with van der Waals surface area (Å²) in [6.07, 6.45) is 1.37. The molecule has 116 valence electrons. The maximum Gasteiger partial charge on any atom is 0.276 e. The predicted molar refractivity (Wildman–Crippen MR) is 85.1 cm³/mol. The second kappa shape index (κ2) is 5.08. The van der Waals surface area contributed by atoms with Gasteiger partial charge in [0, 0.05) is 17.8 Å². The summed E-state index contributed by atoms with van der Waals surface area (Å²) in [5.41, 5.74) is 1.89. The van der Waals surface area contributed by atoms with Crippen LogP contribution in [0.3, 0.4) is 0 Å². The standard InChI is InChI=1S/C17H15N3O3/c21-17-12-5-1-3-7-14(12)18-16(19(17)11-9-10-11)13-6-2-4-8-15(13)20(22)23/h1-8,11,16,18H,9-10H2/t16-/m0/s1. The van der Waals surface area contributed by atoms with E-state index in [4.69, 9.17) is 0 Å². The summed E-state index contributed by atoms with van der Waals surface area (Å²) in [6, 6.07) is 14.0. The molecule has 1 saturated carbocycles. The first-order valence-electron chi connectivity index (χ1n) is 7.58. The highest BCUT2D eigenvalue weighted by molar-refractivity contribution is 6.02. The molecular weight excluding hydrogens is 294 g/mol. The van der Waals surface area contributed by atoms with Gasteiger partial charge in [-0.15, -0.1) is 0 Å². The fourth-order valence-corrected chi connectivity index (χ4v) is 3.11. The number of benzene rings is 2. The van der Waals surface area contributed by atoms with Crippen LogP contribution < -0.4 is 5.32 Å². The second-order valence-corrected chi connectivity index (χ2v) is 5.85. The van der Waals surface area contributed by atoms with Gasteiger partial charge in [0.15, 0.2) is 0 Å². The van der Waals surface area contributed by atoms with E-state index in [0.29, 0.717) is 11.1 Å². The van der Waals surface area contributed by atoms with E-state index in [1.807, 2.05) is 18.2 Å². The Bertz CT molecular complexity index is 801. The maximum atomic E-state index is 12.9. The zero-order valence-corrected chi connectivity index (χ0v) is 12.3. The lowest BCUT2D eigenvalue weighted by atomic mass is 10.0. The summed E-state index contributed by atoms with van der Waals surface area (Å²) < 4.78 is 0. The average Bonchev–Trinajstić information content (AvgIpc) is 3.39. The summed E-state index contributed by atoms with van der Waals surface area (Å²) in [7, 11) is 0. The molecule has 1 N–H and O–H groups in total. The SMILES string of the molecule is O=C1c2ccccc2N[C@H](c2ccccc2[N+](=O)[O-])N1C1CC1. The normalized spacial score (nSPS) is 19.9. The molecule has 0 saturated heterocycles. The summed E-state index contributed by atoms with van der Waals surface area (Å²) in [4.78, 5) is 25.6. The van der Waals surface area contributed by atoms with E-state index in [-0.39, 0.29) is 17.6 Å². The fourth-order valence-electron chi connectivity index (χ4n) is 3.11. The number of anilines is 1. The van der Waals surface area contributed by atoms with Gasteiger partial charge in [-0.05, 0) is 31.0 Å². The van der Waals surface area contributed by atoms with Crippen LogP contribution in [0.15, 0.2) is 48.5 Å². The molecule has 23 heavy (non-hydrogen) atoms. The molecule has 1 aliphatic heterocycles. The molecule has 0 aromatic heterocycles. The molecule has 1 atom stereocenters. The van der Waals surface area contributed by atoms with Crippen LogP contribution in [0.1, 0.15) is 34.9 Å². The number of fused-ring (bicyclic) bond motifs is 1. The highest BCUT2D eigenvalue weighted by Gasteiger charge is 2.43. The van der Waals surface area contributed by atoms with Gasteiger partial charge in [0.25, 0.3) is 11.6 Å². The van der Waals surface area contributed by atoms with Crippen molar-refractivity contribution in [2.45, 2.75) is 25.0 Å². The Balaban J connectivity index is 1.84. The molecule has 6 heteroatoms. The minimum Gasteiger partial charge on any atom is -0.361 e. The predicted octanol–water partition coefficient (Wildman–Crippen LogP) is 3.32. The molecule has 1 fully saturated rings. The summed E-state index contributed by atoms with van der Waals surface area (Å²) in [5, 5.41) is 14.7. The van der Waals surface area contributed by atoms with Crippen LogP contribution >= 0.6 is 0 Å². The van der Waals surface area contributed by atoms with Gasteiger partial charge in [0.1, 0.15) is 6.17 Å². The van der Waals surface area contributed by atoms with Gasteiger partial charge >= 0.3 is 0 Å². The number of carbonyl (C=O) groups excluding carboxylic acids is 1. The van der Waals surface area contributed by atoms with Gasteiger partial charge in [-0.2, -0.15) is 0 Å². The molecule has 2 aromatic rings. The highest BCUT2D eigenvalue weighted by atomic mass is 16.6. The van der Waals surface area contributed by atoms with Crippen molar-refractivity contribution >= 4 is 17.3 Å². The molecular formula is C17H15N3O3. The average molecular weight is 309 g/mol. The minimum absolute atomic E-state index is 0.0304. The monoisotopic (exact) mass is 309 g/mol. The highest BCUT2D eigenvalue weighted by Crippen LogP contribution is 2.42. The van der Waals surface area contributed by atoms with Crippen molar-refractivity contribution in [2.75, 3.05) is 5.32 Å². The Morgan fingerprint density at radius 3 is 2.52 bits per heavy atom. The third-order valence-electron chi connectivity index (χ3n) is 4.33. The van der Waals surface area contributed by atoms with Gasteiger partial charge in [-0.3, -0.25) is 14.9 Å². The van der Waals surface area contributed by atoms with Gasteiger partial charge in [0.05, 0.1) is 16.1 Å². The van der Waals surface area contributed by atoms with Crippen LogP contribution in [0.4, 0.5) is 11.4 Å². The van der Waals surface area contributed by atoms with E-state index in [1.165, 1.54) is 6.07 Å². The van der Waals surface area contributed by atoms with Crippen molar-refractivity contribution in [1.29, 1.82) is 0 Å².